The highest BCUT2D eigenvalue weighted by atomic mass is 32.1. The maximum atomic E-state index is 10.9. The first-order chi connectivity index (χ1) is 11.0. The number of fused-ring (bicyclic) bond motifs is 1. The van der Waals surface area contributed by atoms with Crippen LogP contribution in [-0.4, -0.2) is 55.7 Å². The Morgan fingerprint density at radius 3 is 2.87 bits per heavy atom. The van der Waals surface area contributed by atoms with Gasteiger partial charge in [0.25, 0.3) is 0 Å². The van der Waals surface area contributed by atoms with Crippen molar-refractivity contribution in [2.75, 3.05) is 13.1 Å². The molecule has 0 saturated heterocycles. The van der Waals surface area contributed by atoms with Gasteiger partial charge in [0.1, 0.15) is 5.01 Å². The molecule has 1 fully saturated rings. The molecule has 7 nitrogen and oxygen atoms in total. The second-order valence-corrected chi connectivity index (χ2v) is 7.28. The van der Waals surface area contributed by atoms with E-state index < -0.39 is 5.97 Å². The summed E-state index contributed by atoms with van der Waals surface area (Å²) in [5, 5.41) is 18.0. The molecule has 0 radical (unpaired) electrons. The van der Waals surface area contributed by atoms with Crippen LogP contribution in [0.5, 0.6) is 0 Å². The number of carboxylic acid groups (broad SMARTS) is 1. The summed E-state index contributed by atoms with van der Waals surface area (Å²) in [6.07, 6.45) is 2.00. The maximum absolute atomic E-state index is 10.9. The van der Waals surface area contributed by atoms with Crippen molar-refractivity contribution in [3.8, 4) is 0 Å². The number of hydrogen-bond acceptors (Lipinski definition) is 6. The number of likely N-dealkylation sites (N-methyl/N-ethyl adjacent to an activating group) is 1. The predicted molar refractivity (Wildman–Crippen MR) is 88.9 cm³/mol. The summed E-state index contributed by atoms with van der Waals surface area (Å²) < 4.78 is 1.93. The lowest BCUT2D eigenvalue weighted by atomic mass is 9.85. The van der Waals surface area contributed by atoms with Crippen LogP contribution < -0.4 is 5.32 Å². The molecular formula is C15H23N5O2S. The van der Waals surface area contributed by atoms with Crippen LogP contribution in [0.15, 0.2) is 0 Å². The third-order valence-corrected chi connectivity index (χ3v) is 5.35. The first-order valence-corrected chi connectivity index (χ1v) is 8.80. The molecule has 3 rings (SSSR count). The van der Waals surface area contributed by atoms with Gasteiger partial charge >= 0.3 is 5.97 Å². The van der Waals surface area contributed by atoms with Crippen LogP contribution in [0, 0.1) is 13.8 Å². The van der Waals surface area contributed by atoms with Gasteiger partial charge in [-0.2, -0.15) is 5.10 Å². The Bertz CT molecular complexity index is 704. The highest BCUT2D eigenvalue weighted by molar-refractivity contribution is 7.16. The lowest BCUT2D eigenvalue weighted by Gasteiger charge is -2.42. The van der Waals surface area contributed by atoms with E-state index in [9.17, 15) is 4.79 Å². The standard InChI is InChI=1S/C15H23N5O2S/c1-4-19(8-14(21)22)12-5-11(6-12)16-7-13-9(2)17-15-20(13)18-10(3)23-15/h11-12,16H,4-8H2,1-3H3,(H,21,22). The van der Waals surface area contributed by atoms with Crippen molar-refractivity contribution in [1.29, 1.82) is 0 Å². The van der Waals surface area contributed by atoms with Gasteiger partial charge in [-0.05, 0) is 33.2 Å². The van der Waals surface area contributed by atoms with Gasteiger partial charge in [0.2, 0.25) is 4.96 Å². The van der Waals surface area contributed by atoms with Gasteiger partial charge in [-0.3, -0.25) is 9.69 Å². The Morgan fingerprint density at radius 1 is 1.48 bits per heavy atom. The fourth-order valence-electron chi connectivity index (χ4n) is 3.16. The van der Waals surface area contributed by atoms with Gasteiger partial charge < -0.3 is 10.4 Å². The number of aromatic nitrogens is 3. The molecule has 23 heavy (non-hydrogen) atoms. The Labute approximate surface area is 139 Å². The third-order valence-electron chi connectivity index (χ3n) is 4.53. The average molecular weight is 337 g/mol. The molecule has 0 bridgehead atoms. The molecule has 0 spiro atoms. The molecule has 2 heterocycles. The van der Waals surface area contributed by atoms with Crippen LogP contribution in [0.4, 0.5) is 0 Å². The summed E-state index contributed by atoms with van der Waals surface area (Å²) in [5.74, 6) is -0.751. The Kier molecular flexibility index (Phi) is 4.65. The topological polar surface area (TPSA) is 82.8 Å². The van der Waals surface area contributed by atoms with Crippen molar-refractivity contribution in [3.05, 3.63) is 16.4 Å². The highest BCUT2D eigenvalue weighted by Crippen LogP contribution is 2.26. The second-order valence-electron chi connectivity index (χ2n) is 6.12. The highest BCUT2D eigenvalue weighted by Gasteiger charge is 2.33. The van der Waals surface area contributed by atoms with Crippen LogP contribution in [0.3, 0.4) is 0 Å². The zero-order valence-electron chi connectivity index (χ0n) is 13.7. The number of hydrogen-bond donors (Lipinski definition) is 2. The summed E-state index contributed by atoms with van der Waals surface area (Å²) in [6.45, 7) is 7.69. The van der Waals surface area contributed by atoms with E-state index in [4.69, 9.17) is 5.11 Å². The molecule has 1 aliphatic carbocycles. The summed E-state index contributed by atoms with van der Waals surface area (Å²) in [6, 6.07) is 0.814. The van der Waals surface area contributed by atoms with E-state index in [1.165, 1.54) is 0 Å². The minimum Gasteiger partial charge on any atom is -0.480 e. The van der Waals surface area contributed by atoms with Crippen LogP contribution in [0.25, 0.3) is 4.96 Å². The number of rotatable bonds is 7. The van der Waals surface area contributed by atoms with Crippen molar-refractivity contribution in [1.82, 2.24) is 24.8 Å². The Morgan fingerprint density at radius 2 is 2.22 bits per heavy atom. The van der Waals surface area contributed by atoms with Gasteiger partial charge in [0.15, 0.2) is 0 Å². The number of carboxylic acids is 1. The Hall–Kier alpha value is -1.51. The number of nitrogens with zero attached hydrogens (tertiary/aromatic N) is 4. The van der Waals surface area contributed by atoms with Crippen molar-refractivity contribution >= 4 is 22.3 Å². The van der Waals surface area contributed by atoms with E-state index in [1.807, 2.05) is 30.2 Å². The Balaban J connectivity index is 1.54. The molecule has 1 saturated carbocycles. The van der Waals surface area contributed by atoms with Gasteiger partial charge in [-0.15, -0.1) is 0 Å². The largest absolute Gasteiger partial charge is 0.480 e. The average Bonchev–Trinajstić information content (AvgIpc) is 2.91. The number of aryl methyl sites for hydroxylation is 2. The number of imidazole rings is 1. The van der Waals surface area contributed by atoms with Crippen molar-refractivity contribution in [2.45, 2.75) is 52.2 Å². The first kappa shape index (κ1) is 16.4. The summed E-state index contributed by atoms with van der Waals surface area (Å²) >= 11 is 1.60. The molecular weight excluding hydrogens is 314 g/mol. The van der Waals surface area contributed by atoms with Crippen LogP contribution in [0.2, 0.25) is 0 Å². The van der Waals surface area contributed by atoms with Gasteiger partial charge in [-0.1, -0.05) is 18.3 Å². The normalized spacial score (nSPS) is 21.0. The van der Waals surface area contributed by atoms with E-state index in [-0.39, 0.29) is 6.54 Å². The molecule has 1 aliphatic rings. The van der Waals surface area contributed by atoms with E-state index in [2.05, 4.69) is 15.4 Å². The van der Waals surface area contributed by atoms with E-state index >= 15 is 0 Å². The number of carbonyl (C=O) groups is 1. The molecule has 0 amide bonds. The smallest absolute Gasteiger partial charge is 0.317 e. The van der Waals surface area contributed by atoms with Gasteiger partial charge in [0, 0.05) is 18.6 Å². The SMILES string of the molecule is CCN(CC(=O)O)C1CC(NCc2c(C)nc3sc(C)nn23)C1. The zero-order chi connectivity index (χ0) is 16.6. The second kappa shape index (κ2) is 6.54. The van der Waals surface area contributed by atoms with Crippen molar-refractivity contribution in [2.24, 2.45) is 0 Å². The van der Waals surface area contributed by atoms with Crippen LogP contribution in [0.1, 0.15) is 36.2 Å². The van der Waals surface area contributed by atoms with E-state index in [1.54, 1.807) is 11.3 Å². The van der Waals surface area contributed by atoms with Gasteiger partial charge in [-0.25, -0.2) is 9.50 Å². The lowest BCUT2D eigenvalue weighted by Crippen LogP contribution is -2.53. The molecule has 0 unspecified atom stereocenters. The minimum absolute atomic E-state index is 0.133. The van der Waals surface area contributed by atoms with Crippen molar-refractivity contribution < 1.29 is 9.90 Å². The molecule has 2 N–H and O–H groups in total. The van der Waals surface area contributed by atoms with Crippen molar-refractivity contribution in [3.63, 3.8) is 0 Å². The van der Waals surface area contributed by atoms with Gasteiger partial charge in [0.05, 0.1) is 17.9 Å². The molecule has 126 valence electrons. The molecule has 0 aromatic carbocycles. The third kappa shape index (κ3) is 3.39. The molecule has 2 aromatic heterocycles. The molecule has 2 aromatic rings. The molecule has 8 heteroatoms. The fraction of sp³-hybridized carbons (Fsp3) is 0.667. The summed E-state index contributed by atoms with van der Waals surface area (Å²) in [7, 11) is 0. The number of aliphatic carboxylic acids is 1. The maximum Gasteiger partial charge on any atom is 0.317 e. The zero-order valence-corrected chi connectivity index (χ0v) is 14.6. The first-order valence-electron chi connectivity index (χ1n) is 7.98. The lowest BCUT2D eigenvalue weighted by molar-refractivity contribution is -0.139. The number of nitrogens with one attached hydrogen (secondary N) is 1. The fourth-order valence-corrected chi connectivity index (χ4v) is 3.96. The molecule has 0 atom stereocenters. The summed E-state index contributed by atoms with van der Waals surface area (Å²) in [4.78, 5) is 18.4. The van der Waals surface area contributed by atoms with E-state index in [0.29, 0.717) is 12.1 Å². The minimum atomic E-state index is -0.751. The molecule has 0 aliphatic heterocycles. The quantitative estimate of drug-likeness (QED) is 0.795. The predicted octanol–water partition coefficient (Wildman–Crippen LogP) is 1.43. The van der Waals surface area contributed by atoms with Crippen LogP contribution >= 0.6 is 11.3 Å². The summed E-state index contributed by atoms with van der Waals surface area (Å²) in [5.41, 5.74) is 2.14. The van der Waals surface area contributed by atoms with E-state index in [0.717, 1.165) is 47.3 Å². The monoisotopic (exact) mass is 337 g/mol. The van der Waals surface area contributed by atoms with Crippen LogP contribution in [-0.2, 0) is 11.3 Å².